The highest BCUT2D eigenvalue weighted by Gasteiger charge is 2.17. The molecule has 3 rings (SSSR count). The summed E-state index contributed by atoms with van der Waals surface area (Å²) < 4.78 is 25.6. The number of aryl methyl sites for hydroxylation is 2. The van der Waals surface area contributed by atoms with Gasteiger partial charge in [-0.15, -0.1) is 0 Å². The number of hydrogen-bond donors (Lipinski definition) is 1. The molecule has 0 unspecified atom stereocenters. The van der Waals surface area contributed by atoms with E-state index in [0.717, 1.165) is 5.56 Å². The molecule has 8 nitrogen and oxygen atoms in total. The number of rotatable bonds is 8. The minimum atomic E-state index is -3.61. The first-order chi connectivity index (χ1) is 14.1. The van der Waals surface area contributed by atoms with E-state index in [2.05, 4.69) is 4.98 Å². The van der Waals surface area contributed by atoms with Gasteiger partial charge in [0.2, 0.25) is 10.0 Å². The van der Waals surface area contributed by atoms with Crippen LogP contribution in [0.25, 0.3) is 11.4 Å². The van der Waals surface area contributed by atoms with Crippen LogP contribution in [0.2, 0.25) is 0 Å². The molecule has 2 heterocycles. The molecule has 30 heavy (non-hydrogen) atoms. The van der Waals surface area contributed by atoms with Gasteiger partial charge in [-0.05, 0) is 25.0 Å². The highest BCUT2D eigenvalue weighted by atomic mass is 32.2. The Morgan fingerprint density at radius 3 is 2.50 bits per heavy atom. The largest absolute Gasteiger partial charge is 0.326 e. The maximum absolute atomic E-state index is 12.6. The van der Waals surface area contributed by atoms with E-state index < -0.39 is 10.0 Å². The average molecular weight is 429 g/mol. The van der Waals surface area contributed by atoms with Crippen molar-refractivity contribution in [3.8, 4) is 11.4 Å². The molecule has 2 N–H and O–H groups in total. The summed E-state index contributed by atoms with van der Waals surface area (Å²) in [6.07, 6.45) is 3.53. The van der Waals surface area contributed by atoms with Crippen molar-refractivity contribution in [1.29, 1.82) is 0 Å². The van der Waals surface area contributed by atoms with Crippen molar-refractivity contribution in [1.82, 2.24) is 14.1 Å². The summed E-state index contributed by atoms with van der Waals surface area (Å²) in [7, 11) is -1.94. The SMILES string of the molecule is Cc1cc(-c2nc(C(=O)CCCS(N)(=O)=O)cn2Cc2ccccc2)cn(C)c1=O. The molecular weight excluding hydrogens is 404 g/mol. The van der Waals surface area contributed by atoms with Crippen molar-refractivity contribution in [2.75, 3.05) is 5.75 Å². The predicted molar refractivity (Wildman–Crippen MR) is 115 cm³/mol. The zero-order chi connectivity index (χ0) is 21.9. The Kier molecular flexibility index (Phi) is 6.33. The maximum atomic E-state index is 12.6. The number of carbonyl (C=O) groups is 1. The van der Waals surface area contributed by atoms with Gasteiger partial charge in [0.15, 0.2) is 5.78 Å². The number of primary sulfonamides is 1. The lowest BCUT2D eigenvalue weighted by Crippen LogP contribution is -2.18. The van der Waals surface area contributed by atoms with Crippen molar-refractivity contribution in [2.24, 2.45) is 12.2 Å². The molecule has 158 valence electrons. The van der Waals surface area contributed by atoms with Gasteiger partial charge >= 0.3 is 0 Å². The first-order valence-corrected chi connectivity index (χ1v) is 11.2. The third kappa shape index (κ3) is 5.31. The van der Waals surface area contributed by atoms with Crippen molar-refractivity contribution < 1.29 is 13.2 Å². The summed E-state index contributed by atoms with van der Waals surface area (Å²) >= 11 is 0. The summed E-state index contributed by atoms with van der Waals surface area (Å²) in [5, 5.41) is 5.00. The minimum Gasteiger partial charge on any atom is -0.326 e. The number of ketones is 1. The molecule has 0 spiro atoms. The molecule has 9 heteroatoms. The second-order valence-corrected chi connectivity index (χ2v) is 9.02. The van der Waals surface area contributed by atoms with Crippen LogP contribution < -0.4 is 10.7 Å². The molecule has 0 aliphatic heterocycles. The first-order valence-electron chi connectivity index (χ1n) is 9.46. The van der Waals surface area contributed by atoms with Gasteiger partial charge in [0.05, 0.1) is 5.75 Å². The van der Waals surface area contributed by atoms with Crippen molar-refractivity contribution >= 4 is 15.8 Å². The van der Waals surface area contributed by atoms with E-state index in [1.807, 2.05) is 34.9 Å². The molecular formula is C21H24N4O4S. The summed E-state index contributed by atoms with van der Waals surface area (Å²) in [5.41, 5.74) is 2.48. The number of hydrogen-bond acceptors (Lipinski definition) is 5. The molecule has 0 amide bonds. The summed E-state index contributed by atoms with van der Waals surface area (Å²) in [5.74, 6) is 0.0525. The lowest BCUT2D eigenvalue weighted by molar-refractivity contribution is 0.0977. The number of sulfonamides is 1. The van der Waals surface area contributed by atoms with Crippen molar-refractivity contribution in [2.45, 2.75) is 26.3 Å². The van der Waals surface area contributed by atoms with Crippen molar-refractivity contribution in [3.05, 3.63) is 76.0 Å². The van der Waals surface area contributed by atoms with Crippen molar-refractivity contribution in [3.63, 3.8) is 0 Å². The normalized spacial score (nSPS) is 11.6. The van der Waals surface area contributed by atoms with Crippen LogP contribution in [0.1, 0.15) is 34.5 Å². The lowest BCUT2D eigenvalue weighted by atomic mass is 10.2. The van der Waals surface area contributed by atoms with Gasteiger partial charge in [-0.25, -0.2) is 18.5 Å². The molecule has 0 bridgehead atoms. The number of Topliss-reactive ketones (excluding diaryl/α,β-unsaturated/α-hetero) is 1. The smallest absolute Gasteiger partial charge is 0.253 e. The Balaban J connectivity index is 1.97. The number of imidazole rings is 1. The molecule has 0 fully saturated rings. The van der Waals surface area contributed by atoms with Gasteiger partial charge in [-0.2, -0.15) is 0 Å². The van der Waals surface area contributed by atoms with Gasteiger partial charge in [-0.1, -0.05) is 30.3 Å². The summed E-state index contributed by atoms with van der Waals surface area (Å²) in [6.45, 7) is 2.23. The Bertz CT molecular complexity index is 1200. The molecule has 0 saturated heterocycles. The quantitative estimate of drug-likeness (QED) is 0.550. The van der Waals surface area contributed by atoms with Gasteiger partial charge in [0, 0.05) is 43.5 Å². The van der Waals surface area contributed by atoms with Crippen LogP contribution in [-0.2, 0) is 23.6 Å². The van der Waals surface area contributed by atoms with E-state index in [0.29, 0.717) is 23.5 Å². The third-order valence-electron chi connectivity index (χ3n) is 4.71. The fourth-order valence-corrected chi connectivity index (χ4v) is 3.79. The van der Waals surface area contributed by atoms with Crippen LogP contribution in [-0.4, -0.2) is 34.1 Å². The second-order valence-electron chi connectivity index (χ2n) is 7.28. The maximum Gasteiger partial charge on any atom is 0.253 e. The lowest BCUT2D eigenvalue weighted by Gasteiger charge is -2.10. The zero-order valence-corrected chi connectivity index (χ0v) is 17.7. The number of nitrogens with two attached hydrogens (primary N) is 1. The van der Waals surface area contributed by atoms with Crippen LogP contribution in [0.5, 0.6) is 0 Å². The Hall–Kier alpha value is -3.04. The van der Waals surface area contributed by atoms with E-state index in [9.17, 15) is 18.0 Å². The van der Waals surface area contributed by atoms with E-state index in [4.69, 9.17) is 5.14 Å². The topological polar surface area (TPSA) is 117 Å². The van der Waals surface area contributed by atoms with Crippen LogP contribution >= 0.6 is 0 Å². The highest BCUT2D eigenvalue weighted by Crippen LogP contribution is 2.21. The Labute approximate surface area is 175 Å². The monoisotopic (exact) mass is 428 g/mol. The fourth-order valence-electron chi connectivity index (χ4n) is 3.24. The molecule has 3 aromatic rings. The molecule has 0 saturated carbocycles. The minimum absolute atomic E-state index is 0.0323. The molecule has 1 aromatic carbocycles. The highest BCUT2D eigenvalue weighted by molar-refractivity contribution is 7.89. The van der Waals surface area contributed by atoms with Gasteiger partial charge in [0.1, 0.15) is 11.5 Å². The predicted octanol–water partition coefficient (Wildman–Crippen LogP) is 1.86. The number of pyridine rings is 1. The van der Waals surface area contributed by atoms with Gasteiger partial charge in [0.25, 0.3) is 5.56 Å². The summed E-state index contributed by atoms with van der Waals surface area (Å²) in [6, 6.07) is 11.5. The molecule has 0 radical (unpaired) electrons. The molecule has 2 aromatic heterocycles. The number of aromatic nitrogens is 3. The van der Waals surface area contributed by atoms with E-state index >= 15 is 0 Å². The van der Waals surface area contributed by atoms with E-state index in [-0.39, 0.29) is 35.6 Å². The van der Waals surface area contributed by atoms with Crippen LogP contribution in [0, 0.1) is 6.92 Å². The van der Waals surface area contributed by atoms with Crippen LogP contribution in [0.4, 0.5) is 0 Å². The van der Waals surface area contributed by atoms with Gasteiger partial charge < -0.3 is 9.13 Å². The second kappa shape index (κ2) is 8.76. The zero-order valence-electron chi connectivity index (χ0n) is 16.9. The van der Waals surface area contributed by atoms with E-state index in [1.54, 1.807) is 32.4 Å². The van der Waals surface area contributed by atoms with Crippen LogP contribution in [0.15, 0.2) is 53.6 Å². The first kappa shape index (κ1) is 21.7. The Morgan fingerprint density at radius 2 is 1.87 bits per heavy atom. The molecule has 0 aliphatic rings. The number of nitrogens with zero attached hydrogens (tertiary/aromatic N) is 3. The third-order valence-corrected chi connectivity index (χ3v) is 5.57. The standard InChI is InChI=1S/C21H24N4O4S/c1-15-11-17(13-24(2)21(15)27)20-23-18(19(26)9-6-10-30(22,28)29)14-25(20)12-16-7-4-3-5-8-16/h3-5,7-8,11,13-14H,6,9-10,12H2,1-2H3,(H2,22,28,29). The van der Waals surface area contributed by atoms with Gasteiger partial charge in [-0.3, -0.25) is 9.59 Å². The average Bonchev–Trinajstić information content (AvgIpc) is 3.09. The van der Waals surface area contributed by atoms with E-state index in [1.165, 1.54) is 4.57 Å². The molecule has 0 atom stereocenters. The number of benzene rings is 1. The Morgan fingerprint density at radius 1 is 1.17 bits per heavy atom. The van der Waals surface area contributed by atoms with Crippen LogP contribution in [0.3, 0.4) is 0 Å². The number of carbonyl (C=O) groups excluding carboxylic acids is 1. The summed E-state index contributed by atoms with van der Waals surface area (Å²) in [4.78, 5) is 29.2. The molecule has 0 aliphatic carbocycles. The fraction of sp³-hybridized carbons (Fsp3) is 0.286.